The molecule has 0 saturated heterocycles. The monoisotopic (exact) mass is 816 g/mol. The van der Waals surface area contributed by atoms with Crippen LogP contribution in [0.5, 0.6) is 0 Å². The van der Waals surface area contributed by atoms with Crippen molar-refractivity contribution in [1.29, 1.82) is 0 Å². The third-order valence-corrected chi connectivity index (χ3v) is 13.2. The topological polar surface area (TPSA) is 8.17 Å². The van der Waals surface area contributed by atoms with Crippen molar-refractivity contribution in [3.63, 3.8) is 0 Å². The van der Waals surface area contributed by atoms with Crippen molar-refractivity contribution in [3.8, 4) is 44.6 Å². The average molecular weight is 817 g/mol. The summed E-state index contributed by atoms with van der Waals surface area (Å²) < 4.78 is 2.39. The lowest BCUT2D eigenvalue weighted by molar-refractivity contribution is 0.979. The Bertz CT molecular complexity index is 3590. The molecule has 0 aliphatic carbocycles. The Balaban J connectivity index is 1.02. The number of hydrogen-bond acceptors (Lipinski definition) is 1. The summed E-state index contributed by atoms with van der Waals surface area (Å²) in [7, 11) is 2.22. The summed E-state index contributed by atoms with van der Waals surface area (Å²) in [4.78, 5) is 2.38. The van der Waals surface area contributed by atoms with Crippen molar-refractivity contribution in [3.05, 3.63) is 236 Å². The van der Waals surface area contributed by atoms with Crippen LogP contribution >= 0.6 is 0 Å². The predicted octanol–water partition coefficient (Wildman–Crippen LogP) is 17.2. The smallest absolute Gasteiger partial charge is 0.0568 e. The van der Waals surface area contributed by atoms with Crippen LogP contribution in [-0.4, -0.2) is 4.57 Å². The summed E-state index contributed by atoms with van der Waals surface area (Å²) in [5.41, 5.74) is 15.7. The zero-order valence-corrected chi connectivity index (χ0v) is 35.8. The molecule has 0 spiro atoms. The fourth-order valence-electron chi connectivity index (χ4n) is 10.1. The summed E-state index contributed by atoms with van der Waals surface area (Å²) in [5, 5.41) is 11.1. The number of aromatic nitrogens is 1. The molecule has 1 heterocycles. The first-order chi connectivity index (χ1) is 31.6. The van der Waals surface area contributed by atoms with E-state index in [2.05, 4.69) is 254 Å². The lowest BCUT2D eigenvalue weighted by Crippen LogP contribution is -2.09. The van der Waals surface area contributed by atoms with Crippen molar-refractivity contribution in [2.24, 2.45) is 7.05 Å². The SMILES string of the molecule is Cc1ccc(-c2c(-c3ccccc3)n(C)c3cc(-c4c5ccccc5c(-c5ccc(N(c6ccc7ccccc7c6)c6ccc7ccccc7c6)cc5)c5ccccc45)ccc23)cc1. The zero-order valence-electron chi connectivity index (χ0n) is 35.8. The minimum absolute atomic E-state index is 1.11. The molecule has 0 aliphatic rings. The van der Waals surface area contributed by atoms with Crippen LogP contribution in [0.3, 0.4) is 0 Å². The molecule has 2 heteroatoms. The summed E-state index contributed by atoms with van der Waals surface area (Å²) >= 11 is 0. The maximum absolute atomic E-state index is 2.41. The van der Waals surface area contributed by atoms with Crippen molar-refractivity contribution in [2.45, 2.75) is 6.92 Å². The van der Waals surface area contributed by atoms with Crippen LogP contribution in [0.25, 0.3) is 98.6 Å². The minimum atomic E-state index is 1.11. The van der Waals surface area contributed by atoms with E-state index in [1.165, 1.54) is 104 Å². The van der Waals surface area contributed by atoms with E-state index in [4.69, 9.17) is 0 Å². The molecular weight excluding hydrogens is 773 g/mol. The van der Waals surface area contributed by atoms with Gasteiger partial charge in [0, 0.05) is 40.6 Å². The van der Waals surface area contributed by atoms with E-state index in [0.717, 1.165) is 17.1 Å². The highest BCUT2D eigenvalue weighted by molar-refractivity contribution is 6.22. The number of aryl methyl sites for hydroxylation is 2. The van der Waals surface area contributed by atoms with Gasteiger partial charge in [0.1, 0.15) is 0 Å². The Morgan fingerprint density at radius 1 is 0.312 bits per heavy atom. The third-order valence-electron chi connectivity index (χ3n) is 13.2. The van der Waals surface area contributed by atoms with Gasteiger partial charge in [0.15, 0.2) is 0 Å². The molecule has 64 heavy (non-hydrogen) atoms. The summed E-state index contributed by atoms with van der Waals surface area (Å²) in [6.07, 6.45) is 0. The fraction of sp³-hybridized carbons (Fsp3) is 0.0323. The van der Waals surface area contributed by atoms with E-state index in [-0.39, 0.29) is 0 Å². The summed E-state index contributed by atoms with van der Waals surface area (Å²) in [5.74, 6) is 0. The van der Waals surface area contributed by atoms with Gasteiger partial charge in [0.25, 0.3) is 0 Å². The number of rotatable bonds is 7. The molecule has 2 nitrogen and oxygen atoms in total. The molecule has 0 aliphatic heterocycles. The van der Waals surface area contributed by atoms with Gasteiger partial charge in [-0.15, -0.1) is 0 Å². The molecule has 0 unspecified atom stereocenters. The van der Waals surface area contributed by atoms with Crippen LogP contribution in [0.15, 0.2) is 231 Å². The number of fused-ring (bicyclic) bond motifs is 5. The van der Waals surface area contributed by atoms with Crippen LogP contribution < -0.4 is 4.90 Å². The van der Waals surface area contributed by atoms with Crippen molar-refractivity contribution >= 4 is 71.1 Å². The molecular formula is C62H44N2. The second-order valence-electron chi connectivity index (χ2n) is 17.0. The Labute approximate surface area is 373 Å². The zero-order chi connectivity index (χ0) is 42.7. The molecule has 0 atom stereocenters. The predicted molar refractivity (Wildman–Crippen MR) is 274 cm³/mol. The van der Waals surface area contributed by atoms with Gasteiger partial charge in [0.2, 0.25) is 0 Å². The highest BCUT2D eigenvalue weighted by Gasteiger charge is 2.22. The van der Waals surface area contributed by atoms with Gasteiger partial charge in [-0.1, -0.05) is 194 Å². The maximum atomic E-state index is 2.41. The first kappa shape index (κ1) is 37.6. The van der Waals surface area contributed by atoms with Crippen LogP contribution in [0.4, 0.5) is 17.1 Å². The largest absolute Gasteiger partial charge is 0.343 e. The van der Waals surface area contributed by atoms with Crippen LogP contribution in [0, 0.1) is 6.92 Å². The second-order valence-corrected chi connectivity index (χ2v) is 17.0. The van der Waals surface area contributed by atoms with Gasteiger partial charge in [-0.25, -0.2) is 0 Å². The molecule has 1 aromatic heterocycles. The van der Waals surface area contributed by atoms with Crippen molar-refractivity contribution in [1.82, 2.24) is 4.57 Å². The number of anilines is 3. The van der Waals surface area contributed by atoms with Crippen molar-refractivity contribution in [2.75, 3.05) is 4.90 Å². The molecule has 0 bridgehead atoms. The molecule has 302 valence electrons. The maximum Gasteiger partial charge on any atom is 0.0568 e. The lowest BCUT2D eigenvalue weighted by Gasteiger charge is -2.26. The number of hydrogen-bond donors (Lipinski definition) is 0. The highest BCUT2D eigenvalue weighted by Crippen LogP contribution is 2.47. The molecule has 12 rings (SSSR count). The van der Waals surface area contributed by atoms with Crippen LogP contribution in [0.2, 0.25) is 0 Å². The Morgan fingerprint density at radius 2 is 0.750 bits per heavy atom. The first-order valence-electron chi connectivity index (χ1n) is 22.1. The van der Waals surface area contributed by atoms with Gasteiger partial charge in [-0.2, -0.15) is 0 Å². The van der Waals surface area contributed by atoms with E-state index in [9.17, 15) is 0 Å². The van der Waals surface area contributed by atoms with Crippen LogP contribution in [-0.2, 0) is 7.05 Å². The van der Waals surface area contributed by atoms with E-state index < -0.39 is 0 Å². The van der Waals surface area contributed by atoms with E-state index in [0.29, 0.717) is 0 Å². The van der Waals surface area contributed by atoms with E-state index in [1.807, 2.05) is 0 Å². The molecule has 0 radical (unpaired) electrons. The van der Waals surface area contributed by atoms with E-state index in [1.54, 1.807) is 0 Å². The van der Waals surface area contributed by atoms with Gasteiger partial charge in [-0.3, -0.25) is 0 Å². The number of benzene rings is 11. The fourth-order valence-corrected chi connectivity index (χ4v) is 10.1. The number of nitrogens with zero attached hydrogens (tertiary/aromatic N) is 2. The second kappa shape index (κ2) is 15.3. The minimum Gasteiger partial charge on any atom is -0.343 e. The quantitative estimate of drug-likeness (QED) is 0.146. The van der Waals surface area contributed by atoms with Gasteiger partial charge < -0.3 is 9.47 Å². The van der Waals surface area contributed by atoms with Gasteiger partial charge in [0.05, 0.1) is 5.69 Å². The molecule has 0 saturated carbocycles. The third kappa shape index (κ3) is 6.26. The highest BCUT2D eigenvalue weighted by atomic mass is 15.1. The summed E-state index contributed by atoms with van der Waals surface area (Å²) in [6, 6.07) is 84.8. The van der Waals surface area contributed by atoms with Gasteiger partial charge >= 0.3 is 0 Å². The average Bonchev–Trinajstić information content (AvgIpc) is 3.64. The first-order valence-corrected chi connectivity index (χ1v) is 22.1. The molecule has 11 aromatic carbocycles. The normalized spacial score (nSPS) is 11.6. The Morgan fingerprint density at radius 3 is 1.31 bits per heavy atom. The molecule has 0 fully saturated rings. The Hall–Kier alpha value is -8.20. The van der Waals surface area contributed by atoms with Crippen molar-refractivity contribution < 1.29 is 0 Å². The van der Waals surface area contributed by atoms with Crippen LogP contribution in [0.1, 0.15) is 5.56 Å². The standard InChI is InChI=1S/C62H44N2/c1-41-24-26-45(27-25-41)61-57-37-32-49(40-58(57)63(2)62(61)46-16-4-3-5-17-46)60-55-22-12-10-20-53(55)59(54-21-11-13-23-56(54)60)44-30-33-50(34-31-44)64(51-35-28-42-14-6-8-18-47(42)38-51)52-36-29-43-15-7-9-19-48(43)39-52/h3-40H,1-2H3. The summed E-state index contributed by atoms with van der Waals surface area (Å²) in [6.45, 7) is 2.15. The molecule has 0 N–H and O–H groups in total. The molecule has 12 aromatic rings. The Kier molecular flexibility index (Phi) is 8.98. The van der Waals surface area contributed by atoms with E-state index >= 15 is 0 Å². The van der Waals surface area contributed by atoms with Gasteiger partial charge in [-0.05, 0) is 126 Å². The molecule has 0 amide bonds. The lowest BCUT2D eigenvalue weighted by atomic mass is 9.85.